The highest BCUT2D eigenvalue weighted by Gasteiger charge is 2.19. The number of ether oxygens (including phenoxy) is 3. The molecule has 1 unspecified atom stereocenters. The van der Waals surface area contributed by atoms with Crippen LogP contribution in [-0.4, -0.2) is 37.2 Å². The lowest BCUT2D eigenvalue weighted by molar-refractivity contribution is -0.167. The number of hydrogen-bond acceptors (Lipinski definition) is 6. The van der Waals surface area contributed by atoms with E-state index in [9.17, 15) is 14.4 Å². The maximum Gasteiger partial charge on any atom is 0.306 e. The van der Waals surface area contributed by atoms with E-state index in [0.29, 0.717) is 25.7 Å². The van der Waals surface area contributed by atoms with Gasteiger partial charge in [0.05, 0.1) is 0 Å². The van der Waals surface area contributed by atoms with Crippen LogP contribution < -0.4 is 0 Å². The Balaban J connectivity index is 4.51. The summed E-state index contributed by atoms with van der Waals surface area (Å²) in [5.74, 6) is -1.05. The molecule has 0 aromatic carbocycles. The van der Waals surface area contributed by atoms with Gasteiger partial charge in [0.25, 0.3) is 0 Å². The SMILES string of the molecule is CC\C=C/C=C\C=C/C=C\C=C\C=C/CCCCCC(=O)OCC(COC(=O)CCC/C=C\CCCCCC)OC(=O)CCC/C=C\CCCCCC. The second kappa shape index (κ2) is 41.1. The van der Waals surface area contributed by atoms with E-state index in [4.69, 9.17) is 14.2 Å². The van der Waals surface area contributed by atoms with Crippen LogP contribution in [0, 0.1) is 0 Å². The van der Waals surface area contributed by atoms with Gasteiger partial charge < -0.3 is 14.2 Å². The van der Waals surface area contributed by atoms with Crippen LogP contribution in [0.1, 0.15) is 162 Å². The van der Waals surface area contributed by atoms with E-state index in [1.165, 1.54) is 51.4 Å². The van der Waals surface area contributed by atoms with Crippen molar-refractivity contribution in [2.24, 2.45) is 0 Å². The van der Waals surface area contributed by atoms with Gasteiger partial charge in [-0.15, -0.1) is 0 Å². The molecule has 0 saturated heterocycles. The predicted molar refractivity (Wildman–Crippen MR) is 224 cm³/mol. The predicted octanol–water partition coefficient (Wildman–Crippen LogP) is 13.1. The molecule has 0 N–H and O–H groups in total. The number of allylic oxidation sites excluding steroid dienone is 16. The number of unbranched alkanes of at least 4 members (excludes halogenated alkanes) is 13. The summed E-state index contributed by atoms with van der Waals surface area (Å²) in [6, 6.07) is 0. The summed E-state index contributed by atoms with van der Waals surface area (Å²) < 4.78 is 16.5. The molecule has 0 aliphatic carbocycles. The van der Waals surface area contributed by atoms with Gasteiger partial charge in [0.2, 0.25) is 0 Å². The molecule has 0 fully saturated rings. The Morgan fingerprint density at radius 2 is 0.774 bits per heavy atom. The molecule has 0 spiro atoms. The van der Waals surface area contributed by atoms with E-state index in [2.05, 4.69) is 57.2 Å². The zero-order valence-corrected chi connectivity index (χ0v) is 33.7. The van der Waals surface area contributed by atoms with Gasteiger partial charge >= 0.3 is 17.9 Å². The first-order valence-corrected chi connectivity index (χ1v) is 20.8. The van der Waals surface area contributed by atoms with E-state index < -0.39 is 6.10 Å². The Labute approximate surface area is 324 Å². The smallest absolute Gasteiger partial charge is 0.306 e. The summed E-state index contributed by atoms with van der Waals surface area (Å²) in [6.45, 7) is 6.29. The average Bonchev–Trinajstić information content (AvgIpc) is 3.15. The number of esters is 3. The van der Waals surface area contributed by atoms with E-state index in [1.807, 2.05) is 60.8 Å². The van der Waals surface area contributed by atoms with Gasteiger partial charge in [0.15, 0.2) is 6.10 Å². The highest BCUT2D eigenvalue weighted by atomic mass is 16.6. The molecule has 6 heteroatoms. The molecule has 1 atom stereocenters. The van der Waals surface area contributed by atoms with Crippen molar-refractivity contribution in [3.63, 3.8) is 0 Å². The first kappa shape index (κ1) is 49.3. The van der Waals surface area contributed by atoms with Gasteiger partial charge in [-0.25, -0.2) is 0 Å². The molecule has 0 radical (unpaired) electrons. The first-order valence-electron chi connectivity index (χ1n) is 20.8. The largest absolute Gasteiger partial charge is 0.462 e. The molecular weight excluding hydrogens is 661 g/mol. The molecule has 298 valence electrons. The second-order valence-corrected chi connectivity index (χ2v) is 13.3. The van der Waals surface area contributed by atoms with Gasteiger partial charge in [-0.2, -0.15) is 0 Å². The number of hydrogen-bond donors (Lipinski definition) is 0. The van der Waals surface area contributed by atoms with Crippen LogP contribution in [0.2, 0.25) is 0 Å². The third-order valence-electron chi connectivity index (χ3n) is 8.20. The van der Waals surface area contributed by atoms with Crippen LogP contribution in [0.3, 0.4) is 0 Å². The minimum absolute atomic E-state index is 0.121. The van der Waals surface area contributed by atoms with Crippen molar-refractivity contribution in [1.82, 2.24) is 0 Å². The van der Waals surface area contributed by atoms with Crippen LogP contribution >= 0.6 is 0 Å². The van der Waals surface area contributed by atoms with Crippen molar-refractivity contribution >= 4 is 17.9 Å². The van der Waals surface area contributed by atoms with E-state index >= 15 is 0 Å². The van der Waals surface area contributed by atoms with E-state index in [-0.39, 0.29) is 37.5 Å². The maximum absolute atomic E-state index is 12.6. The molecule has 0 amide bonds. The van der Waals surface area contributed by atoms with Crippen molar-refractivity contribution in [1.29, 1.82) is 0 Å². The van der Waals surface area contributed by atoms with Gasteiger partial charge in [0, 0.05) is 19.3 Å². The molecule has 0 aliphatic heterocycles. The number of carbonyl (C=O) groups excluding carboxylic acids is 3. The van der Waals surface area contributed by atoms with Crippen LogP contribution in [0.15, 0.2) is 97.2 Å². The Hall–Kier alpha value is -3.67. The van der Waals surface area contributed by atoms with Crippen molar-refractivity contribution in [2.75, 3.05) is 13.2 Å². The van der Waals surface area contributed by atoms with Crippen molar-refractivity contribution in [3.8, 4) is 0 Å². The van der Waals surface area contributed by atoms with Gasteiger partial charge in [-0.1, -0.05) is 163 Å². The molecule has 0 heterocycles. The summed E-state index contributed by atoms with van der Waals surface area (Å²) in [5.41, 5.74) is 0. The standard InChI is InChI=1S/C47H74O6/c1-4-7-10-13-16-19-20-21-22-23-24-25-26-29-31-34-37-40-46(49)52-43-44(53-47(50)41-38-35-32-28-18-15-12-9-6-3)42-51-45(48)39-36-33-30-27-17-14-11-8-5-2/h7,10,13,16,19-28,30,32,44H,4-6,8-9,11-12,14-15,17-18,29,31,33-43H2,1-3H3/b10-7-,16-13-,20-19-,22-21-,24-23+,26-25-,30-27-,32-28-. The minimum Gasteiger partial charge on any atom is -0.462 e. The molecule has 0 aromatic rings. The Morgan fingerprint density at radius 3 is 1.25 bits per heavy atom. The fourth-order valence-electron chi connectivity index (χ4n) is 5.07. The minimum atomic E-state index is -0.818. The fraction of sp³-hybridized carbons (Fsp3) is 0.596. The lowest BCUT2D eigenvalue weighted by Crippen LogP contribution is -2.30. The average molecular weight is 735 g/mol. The number of rotatable bonds is 35. The summed E-state index contributed by atoms with van der Waals surface area (Å²) in [6.07, 6.45) is 52.6. The molecule has 0 aromatic heterocycles. The molecule has 0 rings (SSSR count). The maximum atomic E-state index is 12.6. The van der Waals surface area contributed by atoms with Gasteiger partial charge in [-0.3, -0.25) is 14.4 Å². The van der Waals surface area contributed by atoms with Crippen molar-refractivity contribution in [3.05, 3.63) is 97.2 Å². The van der Waals surface area contributed by atoms with Gasteiger partial charge in [0.1, 0.15) is 13.2 Å². The quantitative estimate of drug-likeness (QED) is 0.0212. The summed E-state index contributed by atoms with van der Waals surface area (Å²) in [7, 11) is 0. The highest BCUT2D eigenvalue weighted by Crippen LogP contribution is 2.10. The molecular formula is C47H74O6. The Bertz CT molecular complexity index is 1120. The summed E-state index contributed by atoms with van der Waals surface area (Å²) in [5, 5.41) is 0. The number of carbonyl (C=O) groups is 3. The first-order chi connectivity index (χ1) is 26.0. The molecule has 6 nitrogen and oxygen atoms in total. The second-order valence-electron chi connectivity index (χ2n) is 13.3. The van der Waals surface area contributed by atoms with Crippen LogP contribution in [0.4, 0.5) is 0 Å². The Morgan fingerprint density at radius 1 is 0.396 bits per heavy atom. The van der Waals surface area contributed by atoms with Crippen molar-refractivity contribution in [2.45, 2.75) is 168 Å². The van der Waals surface area contributed by atoms with Crippen molar-refractivity contribution < 1.29 is 28.6 Å². The zero-order chi connectivity index (χ0) is 38.7. The summed E-state index contributed by atoms with van der Waals surface area (Å²) >= 11 is 0. The van der Waals surface area contributed by atoms with Crippen LogP contribution in [0.5, 0.6) is 0 Å². The van der Waals surface area contributed by atoms with Gasteiger partial charge in [-0.05, 0) is 77.0 Å². The third kappa shape index (κ3) is 39.4. The lowest BCUT2D eigenvalue weighted by atomic mass is 10.1. The van der Waals surface area contributed by atoms with E-state index in [0.717, 1.165) is 57.8 Å². The van der Waals surface area contributed by atoms with E-state index in [1.54, 1.807) is 0 Å². The topological polar surface area (TPSA) is 78.9 Å². The molecule has 0 bridgehead atoms. The molecule has 0 saturated carbocycles. The zero-order valence-electron chi connectivity index (χ0n) is 33.7. The lowest BCUT2D eigenvalue weighted by Gasteiger charge is -2.18. The fourth-order valence-corrected chi connectivity index (χ4v) is 5.07. The molecule has 53 heavy (non-hydrogen) atoms. The Kier molecular flexibility index (Phi) is 38.2. The highest BCUT2D eigenvalue weighted by molar-refractivity contribution is 5.71. The van der Waals surface area contributed by atoms with Crippen LogP contribution in [-0.2, 0) is 28.6 Å². The third-order valence-corrected chi connectivity index (χ3v) is 8.20. The normalized spacial score (nSPS) is 13.0. The molecule has 0 aliphatic rings. The summed E-state index contributed by atoms with van der Waals surface area (Å²) in [4.78, 5) is 37.5. The van der Waals surface area contributed by atoms with Crippen LogP contribution in [0.25, 0.3) is 0 Å². The monoisotopic (exact) mass is 735 g/mol.